The fraction of sp³-hybridized carbons (Fsp3) is 0.273. The van der Waals surface area contributed by atoms with Crippen molar-refractivity contribution in [2.45, 2.75) is 13.1 Å². The van der Waals surface area contributed by atoms with E-state index in [1.807, 2.05) is 0 Å². The lowest BCUT2D eigenvalue weighted by atomic mass is 10.2. The van der Waals surface area contributed by atoms with Crippen LogP contribution in [-0.4, -0.2) is 11.6 Å². The van der Waals surface area contributed by atoms with Crippen LogP contribution in [0.4, 0.5) is 13.2 Å². The van der Waals surface area contributed by atoms with Crippen LogP contribution in [0.2, 0.25) is 0 Å². The quantitative estimate of drug-likeness (QED) is 0.765. The number of nitrogens with zero attached hydrogens (tertiary/aromatic N) is 2. The van der Waals surface area contributed by atoms with E-state index >= 15 is 0 Å². The Hall–Kier alpha value is -2.03. The van der Waals surface area contributed by atoms with Crippen LogP contribution in [0.25, 0.3) is 0 Å². The summed E-state index contributed by atoms with van der Waals surface area (Å²) in [6.07, 6.45) is -1.27. The van der Waals surface area contributed by atoms with Gasteiger partial charge in [-0.15, -0.1) is 0 Å². The van der Waals surface area contributed by atoms with Gasteiger partial charge in [-0.1, -0.05) is 12.2 Å². The molecule has 3 nitrogen and oxygen atoms in total. The van der Waals surface area contributed by atoms with Crippen molar-refractivity contribution in [3.05, 3.63) is 35.5 Å². The van der Waals surface area contributed by atoms with Crippen molar-refractivity contribution in [1.82, 2.24) is 4.98 Å². The molecule has 0 aromatic carbocycles. The molecular weight excluding hydrogens is 233 g/mol. The molecule has 0 aliphatic heterocycles. The van der Waals surface area contributed by atoms with Crippen molar-refractivity contribution in [2.75, 3.05) is 6.61 Å². The lowest BCUT2D eigenvalue weighted by Crippen LogP contribution is -2.10. The number of aromatic nitrogens is 1. The monoisotopic (exact) mass is 242 g/mol. The Kier molecular flexibility index (Phi) is 4.10. The summed E-state index contributed by atoms with van der Waals surface area (Å²) in [5.74, 6) is -0.305. The number of pyridine rings is 1. The highest BCUT2D eigenvalue weighted by Gasteiger charge is 2.33. The molecule has 0 radical (unpaired) electrons. The summed E-state index contributed by atoms with van der Waals surface area (Å²) in [5.41, 5.74) is -1.10. The first-order valence-electron chi connectivity index (χ1n) is 4.71. The van der Waals surface area contributed by atoms with Gasteiger partial charge in [0.25, 0.3) is 0 Å². The summed E-state index contributed by atoms with van der Waals surface area (Å²) < 4.78 is 42.1. The Balaban J connectivity index is 3.03. The molecule has 0 spiro atoms. The second kappa shape index (κ2) is 5.34. The highest BCUT2D eigenvalue weighted by atomic mass is 19.4. The minimum absolute atomic E-state index is 0.0255. The van der Waals surface area contributed by atoms with E-state index in [2.05, 4.69) is 4.98 Å². The number of hydrogen-bond acceptors (Lipinski definition) is 3. The number of alkyl halides is 3. The van der Waals surface area contributed by atoms with Gasteiger partial charge in [0.1, 0.15) is 23.9 Å². The van der Waals surface area contributed by atoms with Gasteiger partial charge in [0.2, 0.25) is 5.88 Å². The van der Waals surface area contributed by atoms with Gasteiger partial charge in [-0.25, -0.2) is 4.98 Å². The van der Waals surface area contributed by atoms with E-state index in [1.165, 1.54) is 0 Å². The van der Waals surface area contributed by atoms with Crippen molar-refractivity contribution in [3.8, 4) is 11.9 Å². The van der Waals surface area contributed by atoms with E-state index in [9.17, 15) is 13.2 Å². The van der Waals surface area contributed by atoms with Gasteiger partial charge in [0.05, 0.1) is 0 Å². The second-order valence-corrected chi connectivity index (χ2v) is 3.04. The normalized spacial score (nSPS) is 11.5. The number of allylic oxidation sites excluding steroid dienone is 1. The zero-order valence-electron chi connectivity index (χ0n) is 8.95. The van der Waals surface area contributed by atoms with E-state index in [0.717, 1.165) is 12.1 Å². The Morgan fingerprint density at radius 2 is 2.18 bits per heavy atom. The Labute approximate surface area is 96.2 Å². The highest BCUT2D eigenvalue weighted by molar-refractivity contribution is 5.39. The smallest absolute Gasteiger partial charge is 0.433 e. The molecule has 17 heavy (non-hydrogen) atoms. The molecule has 1 aromatic rings. The molecule has 0 unspecified atom stereocenters. The molecular formula is C11H9F3N2O. The molecule has 90 valence electrons. The van der Waals surface area contributed by atoms with Crippen molar-refractivity contribution in [1.29, 1.82) is 5.26 Å². The van der Waals surface area contributed by atoms with Gasteiger partial charge >= 0.3 is 6.18 Å². The molecule has 0 aliphatic carbocycles. The molecule has 0 saturated carbocycles. The lowest BCUT2D eigenvalue weighted by molar-refractivity contribution is -0.141. The molecule has 0 aliphatic rings. The van der Waals surface area contributed by atoms with Gasteiger partial charge in [-0.05, 0) is 19.1 Å². The van der Waals surface area contributed by atoms with Crippen LogP contribution in [0.5, 0.6) is 5.88 Å². The van der Waals surface area contributed by atoms with Gasteiger partial charge in [-0.2, -0.15) is 18.4 Å². The van der Waals surface area contributed by atoms with Crippen molar-refractivity contribution in [3.63, 3.8) is 0 Å². The Morgan fingerprint density at radius 1 is 1.47 bits per heavy atom. The number of nitriles is 1. The van der Waals surface area contributed by atoms with E-state index in [0.29, 0.717) is 0 Å². The summed E-state index contributed by atoms with van der Waals surface area (Å²) in [6.45, 7) is 1.81. The summed E-state index contributed by atoms with van der Waals surface area (Å²) in [4.78, 5) is 3.28. The van der Waals surface area contributed by atoms with Crippen LogP contribution in [0, 0.1) is 11.3 Å². The zero-order valence-corrected chi connectivity index (χ0v) is 8.95. The van der Waals surface area contributed by atoms with Crippen molar-refractivity contribution < 1.29 is 17.9 Å². The van der Waals surface area contributed by atoms with E-state index in [-0.39, 0.29) is 18.1 Å². The number of hydrogen-bond donors (Lipinski definition) is 0. The van der Waals surface area contributed by atoms with Gasteiger partial charge in [-0.3, -0.25) is 0 Å². The van der Waals surface area contributed by atoms with Crippen molar-refractivity contribution >= 4 is 0 Å². The summed E-state index contributed by atoms with van der Waals surface area (Å²) in [7, 11) is 0. The Bertz CT molecular complexity index is 461. The molecule has 6 heteroatoms. The number of rotatable bonds is 3. The van der Waals surface area contributed by atoms with Crippen LogP contribution in [0.3, 0.4) is 0 Å². The minimum atomic E-state index is -4.55. The van der Waals surface area contributed by atoms with Gasteiger partial charge in [0.15, 0.2) is 0 Å². The van der Waals surface area contributed by atoms with E-state index in [1.54, 1.807) is 25.1 Å². The molecule has 0 saturated heterocycles. The zero-order chi connectivity index (χ0) is 12.9. The number of ether oxygens (including phenoxy) is 1. The van der Waals surface area contributed by atoms with Crippen LogP contribution in [-0.2, 0) is 6.18 Å². The molecule has 0 fully saturated rings. The average Bonchev–Trinajstić information content (AvgIpc) is 2.28. The Morgan fingerprint density at radius 3 is 2.71 bits per heavy atom. The number of halogens is 3. The maximum absolute atomic E-state index is 12.4. The summed E-state index contributed by atoms with van der Waals surface area (Å²) in [5, 5.41) is 8.70. The lowest BCUT2D eigenvalue weighted by Gasteiger charge is -2.09. The molecule has 0 atom stereocenters. The topological polar surface area (TPSA) is 45.9 Å². The van der Waals surface area contributed by atoms with Crippen LogP contribution < -0.4 is 4.74 Å². The first-order valence-corrected chi connectivity index (χ1v) is 4.71. The predicted octanol–water partition coefficient (Wildman–Crippen LogP) is 2.93. The third-order valence-corrected chi connectivity index (χ3v) is 1.82. The van der Waals surface area contributed by atoms with Crippen molar-refractivity contribution in [2.24, 2.45) is 0 Å². The van der Waals surface area contributed by atoms with Gasteiger partial charge < -0.3 is 4.74 Å². The van der Waals surface area contributed by atoms with E-state index < -0.39 is 11.9 Å². The maximum atomic E-state index is 12.4. The highest BCUT2D eigenvalue weighted by Crippen LogP contribution is 2.29. The molecule has 0 bridgehead atoms. The fourth-order valence-electron chi connectivity index (χ4n) is 1.02. The van der Waals surface area contributed by atoms with E-state index in [4.69, 9.17) is 10.00 Å². The summed E-state index contributed by atoms with van der Waals surface area (Å²) in [6, 6.07) is 3.52. The van der Waals surface area contributed by atoms with Crippen LogP contribution in [0.15, 0.2) is 24.3 Å². The molecule has 0 amide bonds. The SMILES string of the molecule is CC=CCOc1nc(C(F)(F)F)ccc1C#N. The third-order valence-electron chi connectivity index (χ3n) is 1.82. The molecule has 1 aromatic heterocycles. The fourth-order valence-corrected chi connectivity index (χ4v) is 1.02. The molecule has 1 heterocycles. The predicted molar refractivity (Wildman–Crippen MR) is 54.3 cm³/mol. The molecule has 0 N–H and O–H groups in total. The minimum Gasteiger partial charge on any atom is -0.472 e. The first kappa shape index (κ1) is 13.0. The van der Waals surface area contributed by atoms with Gasteiger partial charge in [0, 0.05) is 0 Å². The largest absolute Gasteiger partial charge is 0.472 e. The third kappa shape index (κ3) is 3.48. The molecule has 1 rings (SSSR count). The maximum Gasteiger partial charge on any atom is 0.433 e. The van der Waals surface area contributed by atoms with Crippen LogP contribution >= 0.6 is 0 Å². The van der Waals surface area contributed by atoms with Crippen LogP contribution in [0.1, 0.15) is 18.2 Å². The standard InChI is InChI=1S/C11H9F3N2O/c1-2-3-6-17-10-8(7-15)4-5-9(16-10)11(12,13)14/h2-5H,6H2,1H3. The average molecular weight is 242 g/mol. The second-order valence-electron chi connectivity index (χ2n) is 3.04. The summed E-state index contributed by atoms with van der Waals surface area (Å²) >= 11 is 0. The first-order chi connectivity index (χ1) is 7.99.